The molecule has 41 heavy (non-hydrogen) atoms. The van der Waals surface area contributed by atoms with Crippen LogP contribution in [-0.4, -0.2) is 4.98 Å². The van der Waals surface area contributed by atoms with Gasteiger partial charge in [0.1, 0.15) is 11.4 Å². The van der Waals surface area contributed by atoms with Crippen molar-refractivity contribution in [2.45, 2.75) is 85.0 Å². The Kier molecular flexibility index (Phi) is 6.68. The van der Waals surface area contributed by atoms with Crippen LogP contribution in [0, 0.1) is 17.0 Å². The highest BCUT2D eigenvalue weighted by atomic mass is 19.1. The number of nitrogens with zero attached hydrogens (tertiary/aromatic N) is 1. The van der Waals surface area contributed by atoms with E-state index in [1.165, 1.54) is 22.8 Å². The summed E-state index contributed by atoms with van der Waals surface area (Å²) in [5.74, 6) is -1.41. The van der Waals surface area contributed by atoms with Crippen molar-refractivity contribution in [3.8, 4) is 22.4 Å². The number of furan rings is 1. The number of benzene rings is 3. The zero-order valence-corrected chi connectivity index (χ0v) is 24.9. The Morgan fingerprint density at radius 2 is 1.56 bits per heavy atom. The summed E-state index contributed by atoms with van der Waals surface area (Å²) in [6.45, 7) is 13.5. The van der Waals surface area contributed by atoms with Gasteiger partial charge in [0.2, 0.25) is 0 Å². The molecule has 6 rings (SSSR count). The third-order valence-electron chi connectivity index (χ3n) is 8.90. The monoisotopic (exact) mass is 552 g/mol. The number of para-hydroxylation sites is 1. The van der Waals surface area contributed by atoms with E-state index >= 15 is 0 Å². The Morgan fingerprint density at radius 3 is 2.22 bits per heavy atom. The molecule has 5 aromatic rings. The maximum Gasteiger partial charge on any atom is 0.171 e. The van der Waals surface area contributed by atoms with Crippen molar-refractivity contribution < 1.29 is 14.6 Å². The summed E-state index contributed by atoms with van der Waals surface area (Å²) in [6.07, 6.45) is 5.68. The minimum absolute atomic E-state index is 0.0465. The number of aromatic nitrogens is 1. The zero-order chi connectivity index (χ0) is 30.0. The average Bonchev–Trinajstić information content (AvgIpc) is 3.33. The first kappa shape index (κ1) is 26.4. The van der Waals surface area contributed by atoms with Gasteiger partial charge in [-0.1, -0.05) is 65.8 Å². The lowest BCUT2D eigenvalue weighted by Crippen LogP contribution is -2.20. The fourth-order valence-corrected chi connectivity index (χ4v) is 6.41. The molecule has 0 atom stereocenters. The molecule has 1 fully saturated rings. The molecule has 0 radical (unpaired) electrons. The summed E-state index contributed by atoms with van der Waals surface area (Å²) < 4.78 is 44.2. The molecule has 0 unspecified atom stereocenters. The fraction of sp³-hybridized carbons (Fsp3) is 0.378. The third kappa shape index (κ3) is 5.07. The van der Waals surface area contributed by atoms with E-state index in [1.54, 1.807) is 0 Å². The second kappa shape index (κ2) is 10.4. The van der Waals surface area contributed by atoms with Crippen molar-refractivity contribution in [1.29, 1.82) is 0 Å². The molecule has 0 N–H and O–H groups in total. The van der Waals surface area contributed by atoms with Gasteiger partial charge in [-0.15, -0.1) is 0 Å². The smallest absolute Gasteiger partial charge is 0.171 e. The molecule has 2 heterocycles. The Morgan fingerprint density at radius 1 is 0.878 bits per heavy atom. The van der Waals surface area contributed by atoms with Crippen LogP contribution in [0.25, 0.3) is 44.3 Å². The Hall–Kier alpha value is -3.53. The third-order valence-corrected chi connectivity index (χ3v) is 8.90. The van der Waals surface area contributed by atoms with E-state index in [4.69, 9.17) is 9.40 Å². The molecule has 212 valence electrons. The van der Waals surface area contributed by atoms with Gasteiger partial charge < -0.3 is 4.42 Å². The van der Waals surface area contributed by atoms with Crippen molar-refractivity contribution >= 4 is 21.9 Å². The van der Waals surface area contributed by atoms with Crippen LogP contribution >= 0.6 is 0 Å². The van der Waals surface area contributed by atoms with Gasteiger partial charge in [-0.05, 0) is 101 Å². The molecule has 2 nitrogen and oxygen atoms in total. The van der Waals surface area contributed by atoms with Gasteiger partial charge in [-0.2, -0.15) is 0 Å². The number of halogens is 2. The molecule has 4 heteroatoms. The van der Waals surface area contributed by atoms with E-state index in [2.05, 4.69) is 59.7 Å². The summed E-state index contributed by atoms with van der Waals surface area (Å²) >= 11 is 0. The molecule has 0 spiro atoms. The quantitative estimate of drug-likeness (QED) is 0.217. The van der Waals surface area contributed by atoms with E-state index in [0.29, 0.717) is 27.5 Å². The molecule has 3 aromatic carbocycles. The van der Waals surface area contributed by atoms with Crippen molar-refractivity contribution in [2.75, 3.05) is 0 Å². The van der Waals surface area contributed by atoms with Crippen LogP contribution < -0.4 is 0 Å². The van der Waals surface area contributed by atoms with Gasteiger partial charge in [-0.25, -0.2) is 8.78 Å². The standard InChI is InChI=1S/C37H39F2NO/c1-21(2)29-16-25(23-10-13-37(5,6)14-11-23)17-30(22(3)4)34(29)24-12-15-40-33(18-24)28-9-7-8-27-31-19-26(38)20-32(39)36(31)41-35(27)28/h7-9,12,15-23H,10-11,13-14H2,1-6H3/i23D. The summed E-state index contributed by atoms with van der Waals surface area (Å²) in [7, 11) is 0. The van der Waals surface area contributed by atoms with E-state index < -0.39 is 17.5 Å². The van der Waals surface area contributed by atoms with Crippen molar-refractivity contribution in [2.24, 2.45) is 5.41 Å². The van der Waals surface area contributed by atoms with Crippen LogP contribution in [0.5, 0.6) is 0 Å². The molecule has 1 aliphatic rings. The van der Waals surface area contributed by atoms with Gasteiger partial charge >= 0.3 is 0 Å². The highest BCUT2D eigenvalue weighted by Crippen LogP contribution is 2.46. The summed E-state index contributed by atoms with van der Waals surface area (Å²) in [6, 6.07) is 16.5. The van der Waals surface area contributed by atoms with E-state index in [1.807, 2.05) is 30.5 Å². The zero-order valence-electron chi connectivity index (χ0n) is 25.9. The van der Waals surface area contributed by atoms with Crippen LogP contribution in [0.2, 0.25) is 0 Å². The van der Waals surface area contributed by atoms with Crippen molar-refractivity contribution in [3.63, 3.8) is 0 Å². The van der Waals surface area contributed by atoms with Crippen LogP contribution in [0.15, 0.2) is 65.2 Å². The Bertz CT molecular complexity index is 1780. The molecule has 2 aromatic heterocycles. The number of pyridine rings is 1. The molecule has 1 aliphatic carbocycles. The normalized spacial score (nSPS) is 17.1. The van der Waals surface area contributed by atoms with Crippen molar-refractivity contribution in [1.82, 2.24) is 4.98 Å². The van der Waals surface area contributed by atoms with E-state index in [9.17, 15) is 10.2 Å². The maximum absolute atomic E-state index is 14.6. The van der Waals surface area contributed by atoms with E-state index in [-0.39, 0.29) is 17.4 Å². The highest BCUT2D eigenvalue weighted by Gasteiger charge is 2.29. The molecule has 0 saturated heterocycles. The predicted octanol–water partition coefficient (Wildman–Crippen LogP) is 11.5. The van der Waals surface area contributed by atoms with Gasteiger partial charge in [0.05, 0.1) is 5.69 Å². The minimum atomic E-state index is -0.717. The van der Waals surface area contributed by atoms with Crippen LogP contribution in [-0.2, 0) is 0 Å². The second-order valence-electron chi connectivity index (χ2n) is 13.1. The predicted molar refractivity (Wildman–Crippen MR) is 165 cm³/mol. The summed E-state index contributed by atoms with van der Waals surface area (Å²) in [5, 5.41) is 1.07. The van der Waals surface area contributed by atoms with Gasteiger partial charge in [0.25, 0.3) is 0 Å². The Balaban J connectivity index is 1.51. The lowest BCUT2D eigenvalue weighted by atomic mass is 9.70. The number of rotatable bonds is 5. The molecular weight excluding hydrogens is 512 g/mol. The van der Waals surface area contributed by atoms with Crippen LogP contribution in [0.1, 0.15) is 103 Å². The highest BCUT2D eigenvalue weighted by molar-refractivity contribution is 6.09. The van der Waals surface area contributed by atoms with Crippen LogP contribution in [0.3, 0.4) is 0 Å². The summed E-state index contributed by atoms with van der Waals surface area (Å²) in [5.41, 5.74) is 8.12. The second-order valence-corrected chi connectivity index (χ2v) is 13.1. The Labute approximate surface area is 243 Å². The summed E-state index contributed by atoms with van der Waals surface area (Å²) in [4.78, 5) is 4.70. The first-order valence-electron chi connectivity index (χ1n) is 15.3. The van der Waals surface area contributed by atoms with E-state index in [0.717, 1.165) is 48.4 Å². The molecule has 1 saturated carbocycles. The van der Waals surface area contributed by atoms with Gasteiger partial charge in [0.15, 0.2) is 11.4 Å². The molecule has 0 bridgehead atoms. The maximum atomic E-state index is 14.6. The fourth-order valence-electron chi connectivity index (χ4n) is 6.41. The van der Waals surface area contributed by atoms with Crippen molar-refractivity contribution in [3.05, 3.63) is 89.1 Å². The SMILES string of the molecule is [2H]C1(c2cc(C(C)C)c(-c3ccnc(-c4cccc5c4oc4c(F)cc(F)cc45)c3)c(C(C)C)c2)CCC(C)(C)CC1. The number of hydrogen-bond donors (Lipinski definition) is 0. The largest absolute Gasteiger partial charge is 0.452 e. The average molecular weight is 553 g/mol. The topological polar surface area (TPSA) is 26.0 Å². The first-order chi connectivity index (χ1) is 19.9. The van der Waals surface area contributed by atoms with Crippen LogP contribution in [0.4, 0.5) is 8.78 Å². The molecule has 0 aliphatic heterocycles. The lowest BCUT2D eigenvalue weighted by molar-refractivity contribution is 0.224. The number of hydrogen-bond acceptors (Lipinski definition) is 2. The van der Waals surface area contributed by atoms with Gasteiger partial charge in [0, 0.05) is 30.0 Å². The number of fused-ring (bicyclic) bond motifs is 3. The first-order valence-corrected chi connectivity index (χ1v) is 14.8. The minimum Gasteiger partial charge on any atom is -0.452 e. The molecular formula is C37H39F2NO. The molecule has 0 amide bonds. The van der Waals surface area contributed by atoms with Gasteiger partial charge in [-0.3, -0.25) is 4.98 Å². The lowest BCUT2D eigenvalue weighted by Gasteiger charge is -2.35.